The molecule has 0 aliphatic heterocycles. The Hall–Kier alpha value is -2.57. The average molecular weight is 404 g/mol. The number of nitrogens with one attached hydrogen (secondary N) is 2. The second kappa shape index (κ2) is 7.98. The van der Waals surface area contributed by atoms with Gasteiger partial charge >= 0.3 is 0 Å². The van der Waals surface area contributed by atoms with Crippen LogP contribution in [0, 0.1) is 13.8 Å². The van der Waals surface area contributed by atoms with Gasteiger partial charge in [-0.3, -0.25) is 4.79 Å². The fraction of sp³-hybridized carbons (Fsp3) is 0.211. The zero-order valence-electron chi connectivity index (χ0n) is 15.1. The molecule has 1 unspecified atom stereocenters. The summed E-state index contributed by atoms with van der Waals surface area (Å²) < 4.78 is 1.85. The zero-order valence-corrected chi connectivity index (χ0v) is 16.6. The molecule has 3 aromatic rings. The number of benzene rings is 1. The smallest absolute Gasteiger partial charge is 0.247 e. The molecule has 2 aromatic heterocycles. The second-order valence-electron chi connectivity index (χ2n) is 6.13. The van der Waals surface area contributed by atoms with E-state index in [1.807, 2.05) is 48.9 Å². The first-order valence-corrected chi connectivity index (χ1v) is 9.12. The van der Waals surface area contributed by atoms with Gasteiger partial charge in [-0.25, -0.2) is 9.67 Å². The van der Waals surface area contributed by atoms with Gasteiger partial charge < -0.3 is 10.6 Å². The van der Waals surface area contributed by atoms with E-state index in [4.69, 9.17) is 23.2 Å². The number of halogens is 2. The lowest BCUT2D eigenvalue weighted by Gasteiger charge is -2.16. The Morgan fingerprint density at radius 1 is 1.19 bits per heavy atom. The van der Waals surface area contributed by atoms with Crippen LogP contribution in [0.4, 0.5) is 11.5 Å². The summed E-state index contributed by atoms with van der Waals surface area (Å²) in [5.74, 6) is 0.00567. The predicted molar refractivity (Wildman–Crippen MR) is 109 cm³/mol. The Bertz CT molecular complexity index is 972. The summed E-state index contributed by atoms with van der Waals surface area (Å²) in [4.78, 5) is 16.6. The van der Waals surface area contributed by atoms with Gasteiger partial charge in [0.05, 0.1) is 32.8 Å². The molecular weight excluding hydrogens is 385 g/mol. The van der Waals surface area contributed by atoms with Crippen LogP contribution in [0.5, 0.6) is 0 Å². The van der Waals surface area contributed by atoms with Crippen LogP contribution in [0.3, 0.4) is 0 Å². The summed E-state index contributed by atoms with van der Waals surface area (Å²) >= 11 is 11.9. The largest absolute Gasteiger partial charge is 0.371 e. The highest BCUT2D eigenvalue weighted by atomic mass is 35.5. The van der Waals surface area contributed by atoms with Crippen molar-refractivity contribution in [1.82, 2.24) is 14.8 Å². The molecule has 0 bridgehead atoms. The van der Waals surface area contributed by atoms with Gasteiger partial charge in [0.1, 0.15) is 6.04 Å². The van der Waals surface area contributed by atoms with Crippen molar-refractivity contribution < 1.29 is 4.79 Å². The molecule has 2 N–H and O–H groups in total. The molecule has 0 aliphatic carbocycles. The summed E-state index contributed by atoms with van der Waals surface area (Å²) in [5.41, 5.74) is 3.50. The molecule has 8 heteroatoms. The maximum atomic E-state index is 12.5. The molecule has 0 radical (unpaired) electrons. The Morgan fingerprint density at radius 2 is 1.89 bits per heavy atom. The minimum Gasteiger partial charge on any atom is -0.371 e. The van der Waals surface area contributed by atoms with Crippen molar-refractivity contribution in [2.75, 3.05) is 10.6 Å². The lowest BCUT2D eigenvalue weighted by Crippen LogP contribution is -2.32. The van der Waals surface area contributed by atoms with Crippen molar-refractivity contribution >= 4 is 40.6 Å². The third kappa shape index (κ3) is 4.23. The van der Waals surface area contributed by atoms with E-state index in [1.54, 1.807) is 6.92 Å². The molecule has 3 rings (SSSR count). The number of nitrogens with zero attached hydrogens (tertiary/aromatic N) is 3. The van der Waals surface area contributed by atoms with Crippen molar-refractivity contribution in [3.8, 4) is 5.69 Å². The fourth-order valence-electron chi connectivity index (χ4n) is 2.69. The fourth-order valence-corrected chi connectivity index (χ4v) is 3.11. The van der Waals surface area contributed by atoms with Crippen molar-refractivity contribution in [1.29, 1.82) is 0 Å². The van der Waals surface area contributed by atoms with E-state index < -0.39 is 6.04 Å². The van der Waals surface area contributed by atoms with Crippen LogP contribution >= 0.6 is 23.2 Å². The summed E-state index contributed by atoms with van der Waals surface area (Å²) in [6.45, 7) is 5.62. The van der Waals surface area contributed by atoms with E-state index in [1.165, 1.54) is 12.3 Å². The number of hydrogen-bond donors (Lipinski definition) is 2. The number of hydrogen-bond acceptors (Lipinski definition) is 4. The van der Waals surface area contributed by atoms with E-state index >= 15 is 0 Å². The molecule has 0 aliphatic rings. The summed E-state index contributed by atoms with van der Waals surface area (Å²) in [6.07, 6.45) is 1.43. The van der Waals surface area contributed by atoms with Gasteiger partial charge in [0.2, 0.25) is 5.91 Å². The van der Waals surface area contributed by atoms with Gasteiger partial charge in [-0.1, -0.05) is 41.4 Å². The lowest BCUT2D eigenvalue weighted by molar-refractivity contribution is -0.116. The van der Waals surface area contributed by atoms with E-state index in [0.717, 1.165) is 22.8 Å². The number of aryl methyl sites for hydroxylation is 1. The highest BCUT2D eigenvalue weighted by Crippen LogP contribution is 2.25. The Kier molecular flexibility index (Phi) is 5.68. The molecule has 0 spiro atoms. The van der Waals surface area contributed by atoms with Crippen LogP contribution in [0.15, 0.2) is 42.6 Å². The number of carbonyl (C=O) groups excluding carboxylic acids is 1. The number of amides is 1. The summed E-state index contributed by atoms with van der Waals surface area (Å²) in [6, 6.07) is 10.8. The molecule has 1 amide bonds. The van der Waals surface area contributed by atoms with Crippen LogP contribution in [0.1, 0.15) is 18.3 Å². The minimum absolute atomic E-state index is 0.266. The Labute approximate surface area is 167 Å². The Morgan fingerprint density at radius 3 is 2.56 bits per heavy atom. The van der Waals surface area contributed by atoms with E-state index in [0.29, 0.717) is 5.02 Å². The topological polar surface area (TPSA) is 71.8 Å². The second-order valence-corrected chi connectivity index (χ2v) is 6.98. The third-order valence-electron chi connectivity index (χ3n) is 4.10. The first-order valence-electron chi connectivity index (χ1n) is 8.37. The molecule has 0 fully saturated rings. The van der Waals surface area contributed by atoms with Crippen LogP contribution < -0.4 is 10.6 Å². The van der Waals surface area contributed by atoms with Gasteiger partial charge in [0, 0.05) is 6.20 Å². The maximum absolute atomic E-state index is 12.5. The van der Waals surface area contributed by atoms with Crippen molar-refractivity contribution in [2.24, 2.45) is 0 Å². The number of aromatic nitrogens is 3. The normalized spacial score (nSPS) is 11.9. The molecule has 140 valence electrons. The highest BCUT2D eigenvalue weighted by Gasteiger charge is 2.20. The van der Waals surface area contributed by atoms with Gasteiger partial charge in [-0.2, -0.15) is 5.10 Å². The van der Waals surface area contributed by atoms with Crippen molar-refractivity contribution in [3.63, 3.8) is 0 Å². The van der Waals surface area contributed by atoms with Crippen molar-refractivity contribution in [3.05, 3.63) is 64.0 Å². The highest BCUT2D eigenvalue weighted by molar-refractivity contribution is 6.36. The lowest BCUT2D eigenvalue weighted by atomic mass is 10.2. The maximum Gasteiger partial charge on any atom is 0.247 e. The van der Waals surface area contributed by atoms with E-state index in [2.05, 4.69) is 20.7 Å². The zero-order chi connectivity index (χ0) is 19.6. The SMILES string of the molecule is Cc1nn(-c2ccccc2)c(C)c1NC(C)C(=O)Nc1ncc(Cl)cc1Cl. The van der Waals surface area contributed by atoms with Gasteiger partial charge in [0.15, 0.2) is 5.82 Å². The monoisotopic (exact) mass is 403 g/mol. The first kappa shape index (κ1) is 19.2. The summed E-state index contributed by atoms with van der Waals surface area (Å²) in [7, 11) is 0. The number of carbonyl (C=O) groups is 1. The summed E-state index contributed by atoms with van der Waals surface area (Å²) in [5, 5.41) is 11.2. The number of para-hydroxylation sites is 1. The molecule has 1 aromatic carbocycles. The number of pyridine rings is 1. The Balaban J connectivity index is 1.77. The predicted octanol–water partition coefficient (Wildman–Crippen LogP) is 4.63. The van der Waals surface area contributed by atoms with Gasteiger partial charge in [-0.15, -0.1) is 0 Å². The van der Waals surface area contributed by atoms with Crippen molar-refractivity contribution in [2.45, 2.75) is 26.8 Å². The molecule has 0 saturated heterocycles. The molecule has 6 nitrogen and oxygen atoms in total. The van der Waals surface area contributed by atoms with E-state index in [9.17, 15) is 4.79 Å². The number of rotatable bonds is 5. The third-order valence-corrected chi connectivity index (χ3v) is 4.59. The van der Waals surface area contributed by atoms with Crippen LogP contribution in [0.25, 0.3) is 5.69 Å². The molecule has 2 heterocycles. The van der Waals surface area contributed by atoms with Crippen LogP contribution in [-0.4, -0.2) is 26.7 Å². The average Bonchev–Trinajstić information content (AvgIpc) is 2.93. The van der Waals surface area contributed by atoms with Gasteiger partial charge in [-0.05, 0) is 39.0 Å². The quantitative estimate of drug-likeness (QED) is 0.651. The van der Waals surface area contributed by atoms with Crippen LogP contribution in [0.2, 0.25) is 10.0 Å². The standard InChI is InChI=1S/C19H19Cl2N5O/c1-11-17(13(3)26(25-11)15-7-5-4-6-8-15)23-12(2)19(27)24-18-16(21)9-14(20)10-22-18/h4-10,12,23H,1-3H3,(H,22,24,27). The van der Waals surface area contributed by atoms with Gasteiger partial charge in [0.25, 0.3) is 0 Å². The molecule has 1 atom stereocenters. The molecular formula is C19H19Cl2N5O. The first-order chi connectivity index (χ1) is 12.9. The minimum atomic E-state index is -0.524. The molecule has 0 saturated carbocycles. The van der Waals surface area contributed by atoms with E-state index in [-0.39, 0.29) is 16.7 Å². The van der Waals surface area contributed by atoms with Crippen LogP contribution in [-0.2, 0) is 4.79 Å². The number of anilines is 2. The molecule has 27 heavy (non-hydrogen) atoms.